The van der Waals surface area contributed by atoms with E-state index in [0.717, 1.165) is 42.4 Å². The summed E-state index contributed by atoms with van der Waals surface area (Å²) in [5, 5.41) is 2.91. The van der Waals surface area contributed by atoms with Crippen LogP contribution in [0.3, 0.4) is 0 Å². The van der Waals surface area contributed by atoms with E-state index in [1.54, 1.807) is 12.1 Å². The van der Waals surface area contributed by atoms with Gasteiger partial charge in [0.05, 0.1) is 18.6 Å². The number of amides is 1. The fraction of sp³-hybridized carbons (Fsp3) is 0.458. The second-order valence-electron chi connectivity index (χ2n) is 7.67. The topological polar surface area (TPSA) is 75.7 Å². The normalized spacial score (nSPS) is 12.3. The molecule has 1 amide bonds. The average Bonchev–Trinajstić information content (AvgIpc) is 2.74. The molecule has 0 aliphatic heterocycles. The lowest BCUT2D eigenvalue weighted by Crippen LogP contribution is -2.49. The molecule has 0 aromatic heterocycles. The van der Waals surface area contributed by atoms with Crippen LogP contribution in [0.1, 0.15) is 44.2 Å². The number of nitrogens with one attached hydrogen (secondary N) is 1. The van der Waals surface area contributed by atoms with Gasteiger partial charge in [-0.1, -0.05) is 49.7 Å². The zero-order valence-corrected chi connectivity index (χ0v) is 19.7. The van der Waals surface area contributed by atoms with E-state index in [1.807, 2.05) is 50.2 Å². The molecule has 0 heterocycles. The monoisotopic (exact) mass is 446 g/mol. The minimum Gasteiger partial charge on any atom is -0.493 e. The SMILES string of the molecule is CCCOc1ccccc1CCCNC(=O)[C@@H](CC)N(c1ccc(C)cc1)S(C)(=O)=O. The third kappa shape index (κ3) is 7.28. The van der Waals surface area contributed by atoms with Crippen molar-refractivity contribution in [3.63, 3.8) is 0 Å². The second kappa shape index (κ2) is 11.7. The highest BCUT2D eigenvalue weighted by Gasteiger charge is 2.31. The molecule has 1 atom stereocenters. The smallest absolute Gasteiger partial charge is 0.243 e. The third-order valence-electron chi connectivity index (χ3n) is 4.97. The summed E-state index contributed by atoms with van der Waals surface area (Å²) in [5.74, 6) is 0.591. The molecule has 2 aromatic carbocycles. The van der Waals surface area contributed by atoms with Crippen molar-refractivity contribution in [1.82, 2.24) is 5.32 Å². The average molecular weight is 447 g/mol. The molecule has 2 rings (SSSR count). The summed E-state index contributed by atoms with van der Waals surface area (Å²) in [6.07, 6.45) is 3.96. The van der Waals surface area contributed by atoms with Gasteiger partial charge in [0.15, 0.2) is 0 Å². The van der Waals surface area contributed by atoms with Gasteiger partial charge < -0.3 is 10.1 Å². The third-order valence-corrected chi connectivity index (χ3v) is 6.15. The minimum absolute atomic E-state index is 0.288. The Bertz CT molecular complexity index is 942. The molecular formula is C24H34N2O4S. The van der Waals surface area contributed by atoms with Crippen molar-refractivity contribution in [2.45, 2.75) is 52.5 Å². The summed E-state index contributed by atoms with van der Waals surface area (Å²) in [6.45, 7) is 6.95. The first-order valence-electron chi connectivity index (χ1n) is 10.8. The molecule has 170 valence electrons. The van der Waals surface area contributed by atoms with Crippen LogP contribution in [-0.4, -0.2) is 39.8 Å². The lowest BCUT2D eigenvalue weighted by atomic mass is 10.1. The van der Waals surface area contributed by atoms with E-state index < -0.39 is 16.1 Å². The van der Waals surface area contributed by atoms with Gasteiger partial charge in [0.2, 0.25) is 15.9 Å². The van der Waals surface area contributed by atoms with E-state index >= 15 is 0 Å². The number of rotatable bonds is 12. The molecule has 1 N–H and O–H groups in total. The highest BCUT2D eigenvalue weighted by Crippen LogP contribution is 2.23. The maximum atomic E-state index is 12.9. The van der Waals surface area contributed by atoms with E-state index in [4.69, 9.17) is 4.74 Å². The number of hydrogen-bond acceptors (Lipinski definition) is 4. The summed E-state index contributed by atoms with van der Waals surface area (Å²) in [7, 11) is -3.62. The molecule has 0 saturated heterocycles. The lowest BCUT2D eigenvalue weighted by molar-refractivity contribution is -0.122. The Kier molecular flexibility index (Phi) is 9.37. The van der Waals surface area contributed by atoms with Crippen molar-refractivity contribution in [3.8, 4) is 5.75 Å². The molecule has 0 aliphatic carbocycles. The van der Waals surface area contributed by atoms with Crippen molar-refractivity contribution >= 4 is 21.6 Å². The molecule has 0 unspecified atom stereocenters. The first-order valence-corrected chi connectivity index (χ1v) is 12.7. The van der Waals surface area contributed by atoms with Crippen molar-refractivity contribution in [1.29, 1.82) is 0 Å². The van der Waals surface area contributed by atoms with Gasteiger partial charge in [0.25, 0.3) is 0 Å². The van der Waals surface area contributed by atoms with Gasteiger partial charge in [-0.2, -0.15) is 0 Å². The van der Waals surface area contributed by atoms with Gasteiger partial charge in [-0.3, -0.25) is 9.10 Å². The number of hydrogen-bond donors (Lipinski definition) is 1. The largest absolute Gasteiger partial charge is 0.493 e. The molecule has 31 heavy (non-hydrogen) atoms. The maximum Gasteiger partial charge on any atom is 0.243 e. The first kappa shape index (κ1) is 24.7. The number of anilines is 1. The molecule has 7 heteroatoms. The minimum atomic E-state index is -3.62. The number of sulfonamides is 1. The predicted molar refractivity (Wildman–Crippen MR) is 126 cm³/mol. The molecule has 0 radical (unpaired) electrons. The highest BCUT2D eigenvalue weighted by molar-refractivity contribution is 7.92. The standard InChI is InChI=1S/C24H34N2O4S/c1-5-18-30-23-12-8-7-10-20(23)11-9-17-25-24(27)22(6-2)26(31(4,28)29)21-15-13-19(3)14-16-21/h7-8,10,12-16,22H,5-6,9,11,17-18H2,1-4H3,(H,25,27)/t22-/m1/s1. The van der Waals surface area contributed by atoms with Crippen molar-refractivity contribution in [2.75, 3.05) is 23.7 Å². The van der Waals surface area contributed by atoms with Crippen LogP contribution in [0.5, 0.6) is 5.75 Å². The Balaban J connectivity index is 2.01. The van der Waals surface area contributed by atoms with Crippen LogP contribution in [-0.2, 0) is 21.2 Å². The fourth-order valence-electron chi connectivity index (χ4n) is 3.42. The quantitative estimate of drug-likeness (QED) is 0.499. The number of carbonyl (C=O) groups is 1. The lowest BCUT2D eigenvalue weighted by Gasteiger charge is -2.30. The highest BCUT2D eigenvalue weighted by atomic mass is 32.2. The number of carbonyl (C=O) groups excluding carboxylic acids is 1. The van der Waals surface area contributed by atoms with Crippen LogP contribution in [0, 0.1) is 6.92 Å². The molecule has 0 fully saturated rings. The maximum absolute atomic E-state index is 12.9. The van der Waals surface area contributed by atoms with Crippen LogP contribution in [0.4, 0.5) is 5.69 Å². The van der Waals surface area contributed by atoms with Crippen LogP contribution in [0.15, 0.2) is 48.5 Å². The van der Waals surface area contributed by atoms with Gasteiger partial charge in [0, 0.05) is 6.54 Å². The van der Waals surface area contributed by atoms with Crippen LogP contribution in [0.2, 0.25) is 0 Å². The summed E-state index contributed by atoms with van der Waals surface area (Å²) in [4.78, 5) is 12.9. The van der Waals surface area contributed by atoms with E-state index in [1.165, 1.54) is 4.31 Å². The van der Waals surface area contributed by atoms with E-state index in [-0.39, 0.29) is 5.91 Å². The molecule has 2 aromatic rings. The number of para-hydroxylation sites is 1. The van der Waals surface area contributed by atoms with Gasteiger partial charge >= 0.3 is 0 Å². The van der Waals surface area contributed by atoms with Crippen molar-refractivity contribution < 1.29 is 17.9 Å². The van der Waals surface area contributed by atoms with Crippen LogP contribution >= 0.6 is 0 Å². The number of ether oxygens (including phenoxy) is 1. The number of aryl methyl sites for hydroxylation is 2. The second-order valence-corrected chi connectivity index (χ2v) is 9.53. The number of nitrogens with zero attached hydrogens (tertiary/aromatic N) is 1. The van der Waals surface area contributed by atoms with Gasteiger partial charge in [-0.05, 0) is 56.4 Å². The van der Waals surface area contributed by atoms with Crippen molar-refractivity contribution in [3.05, 3.63) is 59.7 Å². The molecule has 6 nitrogen and oxygen atoms in total. The van der Waals surface area contributed by atoms with Gasteiger partial charge in [0.1, 0.15) is 11.8 Å². The summed E-state index contributed by atoms with van der Waals surface area (Å²) in [6, 6.07) is 14.3. The van der Waals surface area contributed by atoms with E-state index in [9.17, 15) is 13.2 Å². The van der Waals surface area contributed by atoms with E-state index in [2.05, 4.69) is 12.2 Å². The molecule has 0 bridgehead atoms. The first-order chi connectivity index (χ1) is 14.8. The Hall–Kier alpha value is -2.54. The Labute approximate surface area is 186 Å². The molecule has 0 spiro atoms. The van der Waals surface area contributed by atoms with Crippen LogP contribution in [0.25, 0.3) is 0 Å². The fourth-order valence-corrected chi connectivity index (χ4v) is 4.64. The molecular weight excluding hydrogens is 412 g/mol. The Morgan fingerprint density at radius 2 is 1.77 bits per heavy atom. The van der Waals surface area contributed by atoms with Gasteiger partial charge in [-0.15, -0.1) is 0 Å². The number of benzene rings is 2. The van der Waals surface area contributed by atoms with E-state index in [0.29, 0.717) is 25.3 Å². The summed E-state index contributed by atoms with van der Waals surface area (Å²) >= 11 is 0. The zero-order chi connectivity index (χ0) is 22.9. The Morgan fingerprint density at radius 3 is 2.39 bits per heavy atom. The summed E-state index contributed by atoms with van der Waals surface area (Å²) < 4.78 is 32.0. The van der Waals surface area contributed by atoms with Gasteiger partial charge in [-0.25, -0.2) is 8.42 Å². The van der Waals surface area contributed by atoms with Crippen molar-refractivity contribution in [2.24, 2.45) is 0 Å². The summed E-state index contributed by atoms with van der Waals surface area (Å²) in [5.41, 5.74) is 2.63. The molecule has 0 aliphatic rings. The van der Waals surface area contributed by atoms with Crippen LogP contribution < -0.4 is 14.4 Å². The Morgan fingerprint density at radius 1 is 1.10 bits per heavy atom. The predicted octanol–water partition coefficient (Wildman–Crippen LogP) is 4.08. The zero-order valence-electron chi connectivity index (χ0n) is 18.9. The molecule has 0 saturated carbocycles.